The lowest BCUT2D eigenvalue weighted by Gasteiger charge is -2.11. The van der Waals surface area contributed by atoms with Crippen molar-refractivity contribution in [1.82, 2.24) is 10.3 Å². The summed E-state index contributed by atoms with van der Waals surface area (Å²) in [6, 6.07) is 28.9. The van der Waals surface area contributed by atoms with Crippen molar-refractivity contribution in [3.8, 4) is 23.0 Å². The Bertz CT molecular complexity index is 1500. The van der Waals surface area contributed by atoms with Crippen LogP contribution >= 0.6 is 12.2 Å². The van der Waals surface area contributed by atoms with Crippen molar-refractivity contribution in [1.29, 1.82) is 0 Å². The SMILES string of the molecule is O=C(NC(=S)Nc1ccc(-c2nc3ccccc3o2)c(O)c1)c1ccc(OCc2ccccc2)cc1. The highest BCUT2D eigenvalue weighted by molar-refractivity contribution is 7.80. The van der Waals surface area contributed by atoms with Crippen molar-refractivity contribution in [3.63, 3.8) is 0 Å². The molecule has 0 fully saturated rings. The monoisotopic (exact) mass is 495 g/mol. The second kappa shape index (κ2) is 10.3. The van der Waals surface area contributed by atoms with Crippen molar-refractivity contribution < 1.29 is 19.1 Å². The molecule has 7 nitrogen and oxygen atoms in total. The van der Waals surface area contributed by atoms with Gasteiger partial charge in [0.2, 0.25) is 5.89 Å². The number of carbonyl (C=O) groups excluding carboxylic acids is 1. The number of rotatable bonds is 6. The second-order valence-corrected chi connectivity index (χ2v) is 8.33. The van der Waals surface area contributed by atoms with Crippen molar-refractivity contribution >= 4 is 40.0 Å². The Morgan fingerprint density at radius 3 is 2.44 bits per heavy atom. The average molecular weight is 496 g/mol. The number of phenolic OH excluding ortho intramolecular Hbond substituents is 1. The minimum absolute atomic E-state index is 0.0354. The number of phenols is 1. The van der Waals surface area contributed by atoms with Crippen LogP contribution in [0.1, 0.15) is 15.9 Å². The van der Waals surface area contributed by atoms with Crippen LogP contribution < -0.4 is 15.4 Å². The first-order valence-corrected chi connectivity index (χ1v) is 11.5. The van der Waals surface area contributed by atoms with E-state index in [1.165, 1.54) is 6.07 Å². The van der Waals surface area contributed by atoms with Gasteiger partial charge in [0.1, 0.15) is 23.6 Å². The molecule has 8 heteroatoms. The van der Waals surface area contributed by atoms with Gasteiger partial charge in [0.25, 0.3) is 5.91 Å². The van der Waals surface area contributed by atoms with E-state index < -0.39 is 0 Å². The highest BCUT2D eigenvalue weighted by Gasteiger charge is 2.14. The van der Waals surface area contributed by atoms with E-state index in [4.69, 9.17) is 21.4 Å². The molecule has 178 valence electrons. The van der Waals surface area contributed by atoms with Crippen LogP contribution in [0.15, 0.2) is 101 Å². The summed E-state index contributed by atoms with van der Waals surface area (Å²) in [7, 11) is 0. The quantitative estimate of drug-likeness (QED) is 0.252. The Morgan fingerprint density at radius 2 is 1.69 bits per heavy atom. The van der Waals surface area contributed by atoms with Gasteiger partial charge in [-0.3, -0.25) is 10.1 Å². The number of aromatic hydroxyl groups is 1. The number of hydrogen-bond donors (Lipinski definition) is 3. The molecule has 0 radical (unpaired) electrons. The van der Waals surface area contributed by atoms with Crippen LogP contribution in [0.2, 0.25) is 0 Å². The van der Waals surface area contributed by atoms with Gasteiger partial charge < -0.3 is 19.6 Å². The minimum atomic E-state index is -0.366. The summed E-state index contributed by atoms with van der Waals surface area (Å²) in [4.78, 5) is 17.0. The molecule has 4 aromatic carbocycles. The largest absolute Gasteiger partial charge is 0.507 e. The number of nitrogens with zero attached hydrogens (tertiary/aromatic N) is 1. The first kappa shape index (κ1) is 23.1. The maximum atomic E-state index is 12.6. The van der Waals surface area contributed by atoms with Crippen LogP contribution in [0.4, 0.5) is 5.69 Å². The number of carbonyl (C=O) groups is 1. The molecule has 1 aromatic heterocycles. The number of hydrogen-bond acceptors (Lipinski definition) is 6. The number of amides is 1. The number of thiocarbonyl (C=S) groups is 1. The lowest BCUT2D eigenvalue weighted by molar-refractivity contribution is 0.0977. The maximum Gasteiger partial charge on any atom is 0.257 e. The summed E-state index contributed by atoms with van der Waals surface area (Å²) in [5, 5.41) is 16.1. The minimum Gasteiger partial charge on any atom is -0.507 e. The lowest BCUT2D eigenvalue weighted by Crippen LogP contribution is -2.34. The summed E-state index contributed by atoms with van der Waals surface area (Å²) < 4.78 is 11.5. The van der Waals surface area contributed by atoms with Gasteiger partial charge in [-0.25, -0.2) is 4.98 Å². The highest BCUT2D eigenvalue weighted by Crippen LogP contribution is 2.33. The Hall–Kier alpha value is -4.69. The van der Waals surface area contributed by atoms with E-state index in [1.54, 1.807) is 36.4 Å². The molecular formula is C28H21N3O4S. The van der Waals surface area contributed by atoms with Gasteiger partial charge in [0.05, 0.1) is 5.56 Å². The number of anilines is 1. The third-order valence-corrected chi connectivity index (χ3v) is 5.58. The molecule has 0 aliphatic rings. The zero-order valence-corrected chi connectivity index (χ0v) is 19.8. The number of benzene rings is 4. The van der Waals surface area contributed by atoms with Crippen LogP contribution in [0, 0.1) is 0 Å². The molecule has 3 N–H and O–H groups in total. The Balaban J connectivity index is 1.18. The molecule has 36 heavy (non-hydrogen) atoms. The smallest absolute Gasteiger partial charge is 0.257 e. The van der Waals surface area contributed by atoms with E-state index >= 15 is 0 Å². The van der Waals surface area contributed by atoms with Crippen LogP contribution in [-0.2, 0) is 6.61 Å². The first-order valence-electron chi connectivity index (χ1n) is 11.1. The number of aromatic nitrogens is 1. The van der Waals surface area contributed by atoms with E-state index in [0.717, 1.165) is 5.56 Å². The van der Waals surface area contributed by atoms with Gasteiger partial charge in [0.15, 0.2) is 10.7 Å². The predicted molar refractivity (Wildman–Crippen MR) is 142 cm³/mol. The number of oxazole rings is 1. The third kappa shape index (κ3) is 5.34. The summed E-state index contributed by atoms with van der Waals surface area (Å²) in [6.07, 6.45) is 0. The summed E-state index contributed by atoms with van der Waals surface area (Å²) in [5.74, 6) is 0.569. The number of para-hydroxylation sites is 2. The summed E-state index contributed by atoms with van der Waals surface area (Å²) >= 11 is 5.27. The molecule has 1 amide bonds. The van der Waals surface area contributed by atoms with E-state index in [0.29, 0.717) is 46.2 Å². The van der Waals surface area contributed by atoms with Crippen molar-refractivity contribution in [2.75, 3.05) is 5.32 Å². The fourth-order valence-corrected chi connectivity index (χ4v) is 3.77. The molecule has 1 heterocycles. The normalized spacial score (nSPS) is 10.7. The molecule has 0 aliphatic heterocycles. The number of nitrogens with one attached hydrogen (secondary N) is 2. The van der Waals surface area contributed by atoms with E-state index in [-0.39, 0.29) is 16.8 Å². The van der Waals surface area contributed by atoms with Crippen LogP contribution in [0.5, 0.6) is 11.5 Å². The molecule has 0 aliphatic carbocycles. The van der Waals surface area contributed by atoms with Crippen molar-refractivity contribution in [2.45, 2.75) is 6.61 Å². The van der Waals surface area contributed by atoms with E-state index in [9.17, 15) is 9.90 Å². The lowest BCUT2D eigenvalue weighted by atomic mass is 10.2. The van der Waals surface area contributed by atoms with Gasteiger partial charge in [-0.2, -0.15) is 0 Å². The highest BCUT2D eigenvalue weighted by atomic mass is 32.1. The zero-order chi connectivity index (χ0) is 24.9. The number of ether oxygens (including phenoxy) is 1. The fraction of sp³-hybridized carbons (Fsp3) is 0.0357. The van der Waals surface area contributed by atoms with Crippen LogP contribution in [-0.4, -0.2) is 21.1 Å². The zero-order valence-electron chi connectivity index (χ0n) is 19.0. The van der Waals surface area contributed by atoms with Crippen molar-refractivity contribution in [3.05, 3.63) is 108 Å². The van der Waals surface area contributed by atoms with Crippen molar-refractivity contribution in [2.24, 2.45) is 0 Å². The molecule has 5 aromatic rings. The van der Waals surface area contributed by atoms with E-state index in [1.807, 2.05) is 54.6 Å². The molecule has 0 atom stereocenters. The van der Waals surface area contributed by atoms with Crippen LogP contribution in [0.3, 0.4) is 0 Å². The standard InChI is InChI=1S/C28H21N3O4S/c32-24-16-20(12-15-22(24)27-30-23-8-4-5-9-25(23)35-27)29-28(36)31-26(33)19-10-13-21(14-11-19)34-17-18-6-2-1-3-7-18/h1-16,32H,17H2,(H2,29,31,33,36). The predicted octanol–water partition coefficient (Wildman–Crippen LogP) is 5.91. The molecule has 5 rings (SSSR count). The number of fused-ring (bicyclic) bond motifs is 1. The van der Waals surface area contributed by atoms with Gasteiger partial charge in [-0.15, -0.1) is 0 Å². The Kier molecular flexibility index (Phi) is 6.59. The fourth-order valence-electron chi connectivity index (χ4n) is 3.56. The Morgan fingerprint density at radius 1 is 0.944 bits per heavy atom. The van der Waals surface area contributed by atoms with E-state index in [2.05, 4.69) is 15.6 Å². The average Bonchev–Trinajstić information content (AvgIpc) is 3.32. The van der Waals surface area contributed by atoms with Gasteiger partial charge in [0, 0.05) is 17.3 Å². The third-order valence-electron chi connectivity index (χ3n) is 5.37. The summed E-state index contributed by atoms with van der Waals surface area (Å²) in [6.45, 7) is 0.443. The molecule has 0 saturated carbocycles. The molecular weight excluding hydrogens is 474 g/mol. The molecule has 0 unspecified atom stereocenters. The maximum absolute atomic E-state index is 12.6. The van der Waals surface area contributed by atoms with Gasteiger partial charge >= 0.3 is 0 Å². The van der Waals surface area contributed by atoms with Gasteiger partial charge in [-0.05, 0) is 66.3 Å². The Labute approximate surface area is 212 Å². The molecule has 0 saturated heterocycles. The van der Waals surface area contributed by atoms with Crippen LogP contribution in [0.25, 0.3) is 22.6 Å². The molecule has 0 spiro atoms. The first-order chi connectivity index (χ1) is 17.5. The second-order valence-electron chi connectivity index (χ2n) is 7.93. The van der Waals surface area contributed by atoms with Gasteiger partial charge in [-0.1, -0.05) is 42.5 Å². The topological polar surface area (TPSA) is 96.6 Å². The summed E-state index contributed by atoms with van der Waals surface area (Å²) in [5.41, 5.74) is 3.77. The molecule has 0 bridgehead atoms.